The highest BCUT2D eigenvalue weighted by atomic mass is 16.3. The number of hydrogen-bond donors (Lipinski definition) is 1. The van der Waals surface area contributed by atoms with Gasteiger partial charge in [0.2, 0.25) is 5.95 Å². The molecule has 1 aliphatic rings. The lowest BCUT2D eigenvalue weighted by molar-refractivity contribution is 0.318. The van der Waals surface area contributed by atoms with Gasteiger partial charge in [-0.15, -0.1) is 0 Å². The standard InChI is InChI=1S/C18H31N3O/c1-7-10-18(5,6)11-15-16(22)14(4)19-17(20-15)21-12(2)8-9-13(21)3/h12-13,22H,7-11H2,1-6H3. The summed E-state index contributed by atoms with van der Waals surface area (Å²) in [4.78, 5) is 11.6. The van der Waals surface area contributed by atoms with Gasteiger partial charge in [-0.2, -0.15) is 0 Å². The van der Waals surface area contributed by atoms with E-state index in [0.29, 0.717) is 17.8 Å². The largest absolute Gasteiger partial charge is 0.504 e. The summed E-state index contributed by atoms with van der Waals surface area (Å²) in [6.07, 6.45) is 5.42. The molecule has 0 amide bonds. The van der Waals surface area contributed by atoms with Gasteiger partial charge in [0.05, 0.1) is 11.4 Å². The molecule has 0 bridgehead atoms. The van der Waals surface area contributed by atoms with Gasteiger partial charge in [0.15, 0.2) is 5.75 Å². The summed E-state index contributed by atoms with van der Waals surface area (Å²) >= 11 is 0. The zero-order valence-electron chi connectivity index (χ0n) is 15.0. The van der Waals surface area contributed by atoms with Crippen molar-refractivity contribution in [2.24, 2.45) is 5.41 Å². The summed E-state index contributed by atoms with van der Waals surface area (Å²) in [5.74, 6) is 1.06. The van der Waals surface area contributed by atoms with Crippen LogP contribution in [0.1, 0.15) is 71.7 Å². The van der Waals surface area contributed by atoms with E-state index in [-0.39, 0.29) is 11.2 Å². The summed E-state index contributed by atoms with van der Waals surface area (Å²) in [5, 5.41) is 10.4. The first-order valence-corrected chi connectivity index (χ1v) is 8.60. The predicted molar refractivity (Wildman–Crippen MR) is 91.5 cm³/mol. The molecule has 0 aliphatic carbocycles. The van der Waals surface area contributed by atoms with Crippen LogP contribution in [0.2, 0.25) is 0 Å². The highest BCUT2D eigenvalue weighted by Gasteiger charge is 2.31. The summed E-state index contributed by atoms with van der Waals surface area (Å²) in [5.41, 5.74) is 1.64. The van der Waals surface area contributed by atoms with Gasteiger partial charge in [-0.25, -0.2) is 9.97 Å². The van der Waals surface area contributed by atoms with Gasteiger partial charge in [-0.1, -0.05) is 27.2 Å². The van der Waals surface area contributed by atoms with Gasteiger partial charge in [0.1, 0.15) is 0 Å². The zero-order chi connectivity index (χ0) is 16.5. The van der Waals surface area contributed by atoms with Crippen LogP contribution in [0.25, 0.3) is 0 Å². The minimum atomic E-state index is 0.145. The fourth-order valence-electron chi connectivity index (χ4n) is 3.66. The summed E-state index contributed by atoms with van der Waals surface area (Å²) in [6.45, 7) is 13.0. The van der Waals surface area contributed by atoms with Crippen LogP contribution in [0.3, 0.4) is 0 Å². The van der Waals surface area contributed by atoms with Gasteiger partial charge < -0.3 is 10.0 Å². The molecule has 124 valence electrons. The van der Waals surface area contributed by atoms with E-state index in [1.54, 1.807) is 0 Å². The Morgan fingerprint density at radius 3 is 2.32 bits per heavy atom. The van der Waals surface area contributed by atoms with Crippen molar-refractivity contribution in [2.75, 3.05) is 4.90 Å². The third kappa shape index (κ3) is 3.53. The Balaban J connectivity index is 2.35. The molecule has 0 spiro atoms. The third-order valence-corrected chi connectivity index (χ3v) is 4.87. The lowest BCUT2D eigenvalue weighted by Crippen LogP contribution is -2.34. The molecule has 1 saturated heterocycles. The molecule has 1 aromatic heterocycles. The van der Waals surface area contributed by atoms with Crippen molar-refractivity contribution in [1.29, 1.82) is 0 Å². The van der Waals surface area contributed by atoms with Crippen LogP contribution in [0, 0.1) is 12.3 Å². The van der Waals surface area contributed by atoms with Crippen molar-refractivity contribution < 1.29 is 5.11 Å². The molecule has 22 heavy (non-hydrogen) atoms. The molecule has 2 heterocycles. The Bertz CT molecular complexity index is 517. The Morgan fingerprint density at radius 1 is 1.18 bits per heavy atom. The first kappa shape index (κ1) is 17.0. The van der Waals surface area contributed by atoms with Crippen LogP contribution >= 0.6 is 0 Å². The van der Waals surface area contributed by atoms with Crippen LogP contribution < -0.4 is 4.90 Å². The number of aryl methyl sites for hydroxylation is 1. The molecule has 2 atom stereocenters. The van der Waals surface area contributed by atoms with Crippen molar-refractivity contribution in [1.82, 2.24) is 9.97 Å². The number of hydrogen-bond acceptors (Lipinski definition) is 4. The van der Waals surface area contributed by atoms with E-state index in [1.807, 2.05) is 6.92 Å². The van der Waals surface area contributed by atoms with Crippen LogP contribution in [-0.4, -0.2) is 27.2 Å². The van der Waals surface area contributed by atoms with Crippen LogP contribution in [0.5, 0.6) is 5.75 Å². The summed E-state index contributed by atoms with van der Waals surface area (Å²) in [6, 6.07) is 0.936. The maximum Gasteiger partial charge on any atom is 0.226 e. The monoisotopic (exact) mass is 305 g/mol. The molecule has 1 fully saturated rings. The number of aromatic nitrogens is 2. The van der Waals surface area contributed by atoms with Crippen molar-refractivity contribution in [3.05, 3.63) is 11.4 Å². The Morgan fingerprint density at radius 2 is 1.77 bits per heavy atom. The predicted octanol–water partition coefficient (Wildman–Crippen LogP) is 4.24. The van der Waals surface area contributed by atoms with Crippen LogP contribution in [-0.2, 0) is 6.42 Å². The van der Waals surface area contributed by atoms with Crippen molar-refractivity contribution >= 4 is 5.95 Å². The minimum Gasteiger partial charge on any atom is -0.504 e. The molecule has 2 rings (SSSR count). The van der Waals surface area contributed by atoms with Gasteiger partial charge in [-0.05, 0) is 51.9 Å². The fourth-order valence-corrected chi connectivity index (χ4v) is 3.66. The van der Waals surface area contributed by atoms with E-state index in [4.69, 9.17) is 4.98 Å². The SMILES string of the molecule is CCCC(C)(C)Cc1nc(N2C(C)CCC2C)nc(C)c1O. The van der Waals surface area contributed by atoms with Gasteiger partial charge in [-0.3, -0.25) is 0 Å². The first-order chi connectivity index (χ1) is 10.2. The molecule has 4 heteroatoms. The quantitative estimate of drug-likeness (QED) is 0.884. The average molecular weight is 305 g/mol. The highest BCUT2D eigenvalue weighted by molar-refractivity contribution is 5.42. The third-order valence-electron chi connectivity index (χ3n) is 4.87. The highest BCUT2D eigenvalue weighted by Crippen LogP contribution is 2.34. The van der Waals surface area contributed by atoms with E-state index in [2.05, 4.69) is 44.5 Å². The molecule has 1 aromatic rings. The second-order valence-corrected chi connectivity index (χ2v) is 7.68. The number of aromatic hydroxyl groups is 1. The molecule has 0 saturated carbocycles. The van der Waals surface area contributed by atoms with Crippen molar-refractivity contribution in [3.8, 4) is 5.75 Å². The molecule has 2 unspecified atom stereocenters. The normalized spacial score (nSPS) is 22.4. The average Bonchev–Trinajstić information content (AvgIpc) is 2.74. The number of nitrogens with zero attached hydrogens (tertiary/aromatic N) is 3. The molecule has 0 radical (unpaired) electrons. The second-order valence-electron chi connectivity index (χ2n) is 7.68. The van der Waals surface area contributed by atoms with E-state index >= 15 is 0 Å². The smallest absolute Gasteiger partial charge is 0.226 e. The lowest BCUT2D eigenvalue weighted by Gasteiger charge is -2.28. The van der Waals surface area contributed by atoms with Gasteiger partial charge >= 0.3 is 0 Å². The molecule has 1 N–H and O–H groups in total. The first-order valence-electron chi connectivity index (χ1n) is 8.60. The summed E-state index contributed by atoms with van der Waals surface area (Å²) < 4.78 is 0. The zero-order valence-corrected chi connectivity index (χ0v) is 15.0. The molecule has 4 nitrogen and oxygen atoms in total. The maximum atomic E-state index is 10.4. The topological polar surface area (TPSA) is 49.2 Å². The van der Waals surface area contributed by atoms with Crippen LogP contribution in [0.15, 0.2) is 0 Å². The van der Waals surface area contributed by atoms with Crippen molar-refractivity contribution in [3.63, 3.8) is 0 Å². The minimum absolute atomic E-state index is 0.145. The Kier molecular flexibility index (Phi) is 4.98. The fraction of sp³-hybridized carbons (Fsp3) is 0.778. The molecule has 1 aliphatic heterocycles. The Hall–Kier alpha value is -1.32. The molecule has 0 aromatic carbocycles. The Labute approximate surface area is 135 Å². The van der Waals surface area contributed by atoms with E-state index in [0.717, 1.165) is 30.9 Å². The van der Waals surface area contributed by atoms with E-state index in [1.165, 1.54) is 12.8 Å². The van der Waals surface area contributed by atoms with E-state index in [9.17, 15) is 5.11 Å². The van der Waals surface area contributed by atoms with Gasteiger partial charge in [0.25, 0.3) is 0 Å². The molecular weight excluding hydrogens is 274 g/mol. The number of anilines is 1. The second kappa shape index (κ2) is 6.43. The summed E-state index contributed by atoms with van der Waals surface area (Å²) in [7, 11) is 0. The van der Waals surface area contributed by atoms with E-state index < -0.39 is 0 Å². The van der Waals surface area contributed by atoms with Crippen molar-refractivity contribution in [2.45, 2.75) is 85.7 Å². The lowest BCUT2D eigenvalue weighted by atomic mass is 9.83. The maximum absolute atomic E-state index is 10.4. The number of rotatable bonds is 5. The molecular formula is C18H31N3O. The van der Waals surface area contributed by atoms with Crippen LogP contribution in [0.4, 0.5) is 5.95 Å². The van der Waals surface area contributed by atoms with Gasteiger partial charge in [0, 0.05) is 12.1 Å².